The summed E-state index contributed by atoms with van der Waals surface area (Å²) in [7, 11) is 0. The zero-order valence-corrected chi connectivity index (χ0v) is 34.5. The van der Waals surface area contributed by atoms with E-state index in [1.165, 1.54) is 25.7 Å². The summed E-state index contributed by atoms with van der Waals surface area (Å²) in [5, 5.41) is 11.4. The van der Waals surface area contributed by atoms with Crippen molar-refractivity contribution >= 4 is 23.9 Å². The van der Waals surface area contributed by atoms with E-state index in [1.807, 2.05) is 27.7 Å². The number of cyclic esters (lactones) is 1. The van der Waals surface area contributed by atoms with Crippen molar-refractivity contribution in [3.8, 4) is 0 Å². The molecule has 10 aliphatic carbocycles. The van der Waals surface area contributed by atoms with E-state index < -0.39 is 51.1 Å². The van der Waals surface area contributed by atoms with Crippen molar-refractivity contribution in [2.75, 3.05) is 6.61 Å². The van der Waals surface area contributed by atoms with Gasteiger partial charge >= 0.3 is 23.9 Å². The summed E-state index contributed by atoms with van der Waals surface area (Å²) >= 11 is 0. The number of hydrogen-bond acceptors (Lipinski definition) is 9. The summed E-state index contributed by atoms with van der Waals surface area (Å²) < 4.78 is 24.7. The lowest BCUT2D eigenvalue weighted by Gasteiger charge is -2.59. The third-order valence-electron chi connectivity index (χ3n) is 17.9. The molecule has 0 amide bonds. The largest absolute Gasteiger partial charge is 0.463 e. The van der Waals surface area contributed by atoms with Gasteiger partial charge in [0.05, 0.1) is 28.5 Å². The van der Waals surface area contributed by atoms with Crippen molar-refractivity contribution in [3.63, 3.8) is 0 Å². The van der Waals surface area contributed by atoms with E-state index in [1.54, 1.807) is 0 Å². The standard InChI is InChI=1S/C46H68O9/c1-26-31-7-8-32(17-31)35(26)22-42(4,40(50)54-44(6)33-13-27-11-28(15-33)16-34(44)14-27)24-43(5,39(49)53-36-9-10-52-37(36)47)23-41(2,3)38(48)55-46-20-29-12-30(21-46)19-45(51,18-29)25-46/h26-36,51H,7-25H2,1-6H3. The lowest BCUT2D eigenvalue weighted by Crippen LogP contribution is -2.61. The number of rotatable bonds is 12. The third kappa shape index (κ3) is 6.59. The molecule has 9 unspecified atom stereocenters. The van der Waals surface area contributed by atoms with Crippen molar-refractivity contribution in [3.05, 3.63) is 0 Å². The van der Waals surface area contributed by atoms with Gasteiger partial charge in [0.15, 0.2) is 0 Å². The van der Waals surface area contributed by atoms with Gasteiger partial charge in [0, 0.05) is 12.8 Å². The molecule has 1 saturated heterocycles. The van der Waals surface area contributed by atoms with Crippen LogP contribution in [0.3, 0.4) is 0 Å². The van der Waals surface area contributed by atoms with Gasteiger partial charge in [0.1, 0.15) is 11.2 Å². The van der Waals surface area contributed by atoms with Crippen LogP contribution < -0.4 is 0 Å². The molecule has 11 rings (SSSR count). The first kappa shape index (κ1) is 38.4. The molecule has 0 aromatic carbocycles. The van der Waals surface area contributed by atoms with Crippen LogP contribution >= 0.6 is 0 Å². The van der Waals surface area contributed by atoms with Crippen LogP contribution in [0.25, 0.3) is 0 Å². The van der Waals surface area contributed by atoms with Gasteiger partial charge < -0.3 is 24.1 Å². The van der Waals surface area contributed by atoms with Gasteiger partial charge in [-0.05, 0) is 197 Å². The normalized spacial score (nSPS) is 47.0. The smallest absolute Gasteiger partial charge is 0.347 e. The molecule has 9 heteroatoms. The molecule has 0 aromatic rings. The Hall–Kier alpha value is -2.16. The zero-order valence-electron chi connectivity index (χ0n) is 34.5. The molecular formula is C46H68O9. The first-order valence-corrected chi connectivity index (χ1v) is 22.4. The van der Waals surface area contributed by atoms with Crippen LogP contribution in [0.2, 0.25) is 0 Å². The van der Waals surface area contributed by atoms with Crippen LogP contribution in [0.15, 0.2) is 0 Å². The van der Waals surface area contributed by atoms with Crippen LogP contribution in [-0.2, 0) is 38.1 Å². The van der Waals surface area contributed by atoms with Crippen molar-refractivity contribution in [2.24, 2.45) is 75.4 Å². The van der Waals surface area contributed by atoms with Crippen molar-refractivity contribution in [1.29, 1.82) is 0 Å². The molecule has 1 heterocycles. The number of hydrogen-bond donors (Lipinski definition) is 1. The highest BCUT2D eigenvalue weighted by atomic mass is 16.6. The average Bonchev–Trinajstić information content (AvgIpc) is 3.79. The summed E-state index contributed by atoms with van der Waals surface area (Å²) in [6, 6.07) is 0. The quantitative estimate of drug-likeness (QED) is 0.155. The molecule has 0 radical (unpaired) electrons. The molecule has 9 nitrogen and oxygen atoms in total. The summed E-state index contributed by atoms with van der Waals surface area (Å²) in [6.45, 7) is 12.3. The monoisotopic (exact) mass is 764 g/mol. The number of carbonyl (C=O) groups excluding carboxylic acids is 4. The first-order chi connectivity index (χ1) is 25.8. The van der Waals surface area contributed by atoms with E-state index in [-0.39, 0.29) is 37.8 Å². The fraction of sp³-hybridized carbons (Fsp3) is 0.913. The maximum atomic E-state index is 15.2. The van der Waals surface area contributed by atoms with Crippen LogP contribution in [0, 0.1) is 75.4 Å². The molecule has 9 atom stereocenters. The van der Waals surface area contributed by atoms with Crippen molar-refractivity contribution < 1.29 is 43.2 Å². The SMILES string of the molecule is CC1C2CCC(C2)C1CC(C)(CC(C)(CC(C)(C)C(=O)OC12CC3CC(CC(O)(C3)C1)C2)C(=O)OC1CCOC1=O)C(=O)OC1(C)C2CC3CC(C2)CC1C3. The minimum atomic E-state index is -1.33. The first-order valence-electron chi connectivity index (χ1n) is 22.4. The summed E-state index contributed by atoms with van der Waals surface area (Å²) in [5.74, 6) is 3.19. The number of carbonyl (C=O) groups is 4. The van der Waals surface area contributed by atoms with Crippen LogP contribution in [0.5, 0.6) is 0 Å². The van der Waals surface area contributed by atoms with Gasteiger partial charge in [-0.25, -0.2) is 4.79 Å². The van der Waals surface area contributed by atoms with E-state index in [4.69, 9.17) is 18.9 Å². The highest BCUT2D eigenvalue weighted by Crippen LogP contribution is 2.63. The van der Waals surface area contributed by atoms with Crippen LogP contribution in [-0.4, -0.2) is 58.5 Å². The van der Waals surface area contributed by atoms with E-state index in [0.717, 1.165) is 69.6 Å². The molecule has 55 heavy (non-hydrogen) atoms. The van der Waals surface area contributed by atoms with E-state index in [2.05, 4.69) is 13.8 Å². The highest BCUT2D eigenvalue weighted by Gasteiger charge is 2.62. The Kier molecular flexibility index (Phi) is 9.01. The second-order valence-electron chi connectivity index (χ2n) is 22.9. The van der Waals surface area contributed by atoms with Crippen LogP contribution in [0.4, 0.5) is 0 Å². The number of aliphatic hydroxyl groups is 1. The predicted molar refractivity (Wildman–Crippen MR) is 203 cm³/mol. The zero-order chi connectivity index (χ0) is 38.9. The maximum Gasteiger partial charge on any atom is 0.347 e. The average molecular weight is 765 g/mol. The van der Waals surface area contributed by atoms with E-state index >= 15 is 4.79 Å². The van der Waals surface area contributed by atoms with Gasteiger partial charge in [0.25, 0.3) is 0 Å². The van der Waals surface area contributed by atoms with Gasteiger partial charge in [-0.2, -0.15) is 0 Å². The molecule has 1 N–H and O–H groups in total. The Morgan fingerprint density at radius 1 is 0.745 bits per heavy atom. The molecule has 1 aliphatic heterocycles. The molecule has 10 saturated carbocycles. The fourth-order valence-electron chi connectivity index (χ4n) is 16.0. The fourth-order valence-corrected chi connectivity index (χ4v) is 16.0. The Morgan fingerprint density at radius 3 is 1.93 bits per heavy atom. The molecule has 11 aliphatic rings. The lowest BCUT2D eigenvalue weighted by molar-refractivity contribution is -0.226. The Labute approximate surface area is 328 Å². The third-order valence-corrected chi connectivity index (χ3v) is 17.9. The predicted octanol–water partition coefficient (Wildman–Crippen LogP) is 8.12. The second kappa shape index (κ2) is 12.9. The van der Waals surface area contributed by atoms with Gasteiger partial charge in [0.2, 0.25) is 6.10 Å². The van der Waals surface area contributed by atoms with Crippen molar-refractivity contribution in [2.45, 2.75) is 180 Å². The molecule has 0 aromatic heterocycles. The number of esters is 4. The van der Waals surface area contributed by atoms with E-state index in [9.17, 15) is 19.5 Å². The van der Waals surface area contributed by atoms with Gasteiger partial charge in [-0.3, -0.25) is 14.4 Å². The maximum absolute atomic E-state index is 15.2. The Bertz CT molecular complexity index is 1550. The minimum absolute atomic E-state index is 0.0770. The number of fused-ring (bicyclic) bond motifs is 2. The lowest BCUT2D eigenvalue weighted by atomic mass is 9.50. The summed E-state index contributed by atoms with van der Waals surface area (Å²) in [6.07, 6.45) is 14.2. The molecular weight excluding hydrogens is 696 g/mol. The number of ether oxygens (including phenoxy) is 4. The van der Waals surface area contributed by atoms with E-state index in [0.29, 0.717) is 60.2 Å². The molecule has 10 bridgehead atoms. The minimum Gasteiger partial charge on any atom is -0.463 e. The summed E-state index contributed by atoms with van der Waals surface area (Å²) in [5.41, 5.74) is -5.49. The highest BCUT2D eigenvalue weighted by molar-refractivity contribution is 5.85. The van der Waals surface area contributed by atoms with Crippen molar-refractivity contribution in [1.82, 2.24) is 0 Å². The second-order valence-corrected chi connectivity index (χ2v) is 22.9. The van der Waals surface area contributed by atoms with Gasteiger partial charge in [-0.15, -0.1) is 0 Å². The molecule has 306 valence electrons. The Morgan fingerprint density at radius 2 is 1.36 bits per heavy atom. The van der Waals surface area contributed by atoms with Gasteiger partial charge in [-0.1, -0.05) is 6.92 Å². The topological polar surface area (TPSA) is 125 Å². The van der Waals surface area contributed by atoms with Crippen LogP contribution in [0.1, 0.15) is 157 Å². The molecule has 0 spiro atoms. The summed E-state index contributed by atoms with van der Waals surface area (Å²) in [4.78, 5) is 57.1. The Balaban J connectivity index is 1.02. The molecule has 11 fully saturated rings.